The summed E-state index contributed by atoms with van der Waals surface area (Å²) in [5.41, 5.74) is 0. The second kappa shape index (κ2) is 58.4. The molecular weight excluding hydrogens is 851 g/mol. The van der Waals surface area contributed by atoms with Crippen molar-refractivity contribution in [1.29, 1.82) is 0 Å². The predicted octanol–water partition coefficient (Wildman–Crippen LogP) is 19.0. The van der Waals surface area contributed by atoms with Crippen molar-refractivity contribution >= 4 is 11.9 Å². The zero-order chi connectivity index (χ0) is 50.0. The van der Waals surface area contributed by atoms with Gasteiger partial charge in [0.15, 0.2) is 0 Å². The summed E-state index contributed by atoms with van der Waals surface area (Å²) in [7, 11) is 0. The van der Waals surface area contributed by atoms with E-state index in [2.05, 4.69) is 55.6 Å². The van der Waals surface area contributed by atoms with Gasteiger partial charge >= 0.3 is 5.97 Å². The van der Waals surface area contributed by atoms with E-state index in [0.29, 0.717) is 19.4 Å². The number of carbonyl (C=O) groups is 2. The first-order valence-electron chi connectivity index (χ1n) is 30.4. The number of rotatable bonds is 56. The molecule has 2 unspecified atom stereocenters. The van der Waals surface area contributed by atoms with E-state index in [9.17, 15) is 19.8 Å². The van der Waals surface area contributed by atoms with Crippen molar-refractivity contribution in [2.75, 3.05) is 13.2 Å². The molecule has 1 amide bonds. The van der Waals surface area contributed by atoms with E-state index in [-0.39, 0.29) is 18.5 Å². The highest BCUT2D eigenvalue weighted by atomic mass is 16.5. The number of hydrogen-bond donors (Lipinski definition) is 3. The molecule has 3 N–H and O–H groups in total. The highest BCUT2D eigenvalue weighted by Gasteiger charge is 2.18. The Hall–Kier alpha value is -2.18. The van der Waals surface area contributed by atoms with Gasteiger partial charge in [0.05, 0.1) is 25.4 Å². The van der Waals surface area contributed by atoms with Crippen LogP contribution in [-0.2, 0) is 14.3 Å². The number of esters is 1. The summed E-state index contributed by atoms with van der Waals surface area (Å²) in [6.45, 7) is 4.79. The smallest absolute Gasteiger partial charge is 0.305 e. The molecule has 0 aliphatic carbocycles. The standard InChI is InChI=1S/C63H117NO5/c1-3-5-7-9-11-13-15-17-19-29-33-37-41-45-49-53-57-63(68)69-58-54-50-46-42-38-34-30-26-24-22-20-21-23-25-28-32-36-40-44-48-52-56-62(67)64-60(59-65)61(66)55-51-47-43-39-35-31-27-18-16-14-12-10-8-6-4-2/h19,29,34,38,46,50-51,55,60-61,65-66H,3-18,20-28,30-33,35-37,39-45,47-49,52-54,56-59H2,1-2H3,(H,64,67)/b29-19-,38-34-,50-46-,55-51+. The molecule has 0 radical (unpaired) electrons. The molecular formula is C63H117NO5. The van der Waals surface area contributed by atoms with Crippen LogP contribution in [0.2, 0.25) is 0 Å². The maximum atomic E-state index is 12.5. The molecule has 404 valence electrons. The lowest BCUT2D eigenvalue weighted by Crippen LogP contribution is -2.45. The van der Waals surface area contributed by atoms with Crippen LogP contribution >= 0.6 is 0 Å². The van der Waals surface area contributed by atoms with Crippen LogP contribution in [-0.4, -0.2) is 47.4 Å². The molecule has 0 rings (SSSR count). The van der Waals surface area contributed by atoms with Crippen LogP contribution in [0.5, 0.6) is 0 Å². The normalized spacial score (nSPS) is 12.9. The highest BCUT2D eigenvalue weighted by Crippen LogP contribution is 2.16. The monoisotopic (exact) mass is 968 g/mol. The van der Waals surface area contributed by atoms with Crippen molar-refractivity contribution in [1.82, 2.24) is 5.32 Å². The fourth-order valence-electron chi connectivity index (χ4n) is 9.17. The maximum absolute atomic E-state index is 12.5. The van der Waals surface area contributed by atoms with Crippen molar-refractivity contribution in [3.05, 3.63) is 48.6 Å². The summed E-state index contributed by atoms with van der Waals surface area (Å²) in [5, 5.41) is 23.1. The van der Waals surface area contributed by atoms with E-state index < -0.39 is 12.1 Å². The third kappa shape index (κ3) is 55.0. The Labute approximate surface area is 429 Å². The van der Waals surface area contributed by atoms with Gasteiger partial charge in [-0.05, 0) is 77.0 Å². The van der Waals surface area contributed by atoms with Gasteiger partial charge in [-0.25, -0.2) is 0 Å². The predicted molar refractivity (Wildman–Crippen MR) is 301 cm³/mol. The minimum atomic E-state index is -0.848. The molecule has 0 bridgehead atoms. The largest absolute Gasteiger partial charge is 0.465 e. The van der Waals surface area contributed by atoms with Crippen molar-refractivity contribution in [3.63, 3.8) is 0 Å². The molecule has 0 saturated carbocycles. The van der Waals surface area contributed by atoms with Crippen molar-refractivity contribution in [2.45, 2.75) is 328 Å². The molecule has 2 atom stereocenters. The van der Waals surface area contributed by atoms with Gasteiger partial charge in [0.1, 0.15) is 0 Å². The lowest BCUT2D eigenvalue weighted by Gasteiger charge is -2.20. The van der Waals surface area contributed by atoms with Crippen LogP contribution < -0.4 is 5.32 Å². The van der Waals surface area contributed by atoms with Crippen LogP contribution in [0.1, 0.15) is 316 Å². The Balaban J connectivity index is 3.48. The fourth-order valence-corrected chi connectivity index (χ4v) is 9.17. The van der Waals surface area contributed by atoms with E-state index >= 15 is 0 Å². The number of unbranched alkanes of at least 4 members (excludes halogenated alkanes) is 39. The minimum Gasteiger partial charge on any atom is -0.465 e. The van der Waals surface area contributed by atoms with Crippen LogP contribution in [0, 0.1) is 0 Å². The zero-order valence-corrected chi connectivity index (χ0v) is 46.0. The van der Waals surface area contributed by atoms with E-state index in [1.54, 1.807) is 6.08 Å². The molecule has 0 spiro atoms. The molecule has 0 aliphatic heterocycles. The van der Waals surface area contributed by atoms with Crippen LogP contribution in [0.25, 0.3) is 0 Å². The summed E-state index contributed by atoms with van der Waals surface area (Å²) < 4.78 is 5.42. The molecule has 0 heterocycles. The second-order valence-corrected chi connectivity index (χ2v) is 20.7. The lowest BCUT2D eigenvalue weighted by atomic mass is 10.0. The Morgan fingerprint density at radius 2 is 0.725 bits per heavy atom. The van der Waals surface area contributed by atoms with Crippen LogP contribution in [0.3, 0.4) is 0 Å². The summed E-state index contributed by atoms with van der Waals surface area (Å²) in [6.07, 6.45) is 74.4. The molecule has 0 saturated heterocycles. The average molecular weight is 969 g/mol. The third-order valence-corrected chi connectivity index (χ3v) is 13.8. The number of carbonyl (C=O) groups excluding carboxylic acids is 2. The third-order valence-electron chi connectivity index (χ3n) is 13.8. The van der Waals surface area contributed by atoms with Gasteiger partial charge in [-0.2, -0.15) is 0 Å². The van der Waals surface area contributed by atoms with Gasteiger partial charge in [-0.3, -0.25) is 9.59 Å². The summed E-state index contributed by atoms with van der Waals surface area (Å²) >= 11 is 0. The lowest BCUT2D eigenvalue weighted by molar-refractivity contribution is -0.143. The summed E-state index contributed by atoms with van der Waals surface area (Å²) in [6, 6.07) is -0.632. The molecule has 0 aromatic carbocycles. The zero-order valence-electron chi connectivity index (χ0n) is 46.0. The maximum Gasteiger partial charge on any atom is 0.305 e. The molecule has 0 fully saturated rings. The molecule has 0 aromatic heterocycles. The van der Waals surface area contributed by atoms with E-state index in [0.717, 1.165) is 51.4 Å². The number of hydrogen-bond acceptors (Lipinski definition) is 5. The van der Waals surface area contributed by atoms with Gasteiger partial charge in [0, 0.05) is 12.8 Å². The van der Waals surface area contributed by atoms with Gasteiger partial charge < -0.3 is 20.3 Å². The van der Waals surface area contributed by atoms with Crippen molar-refractivity contribution in [3.8, 4) is 0 Å². The SMILES string of the molecule is CCCCCCCCC/C=C\CCCCCCCC(=O)OCC/C=C\C/C=C\CCCCCCCCCCCCCCCCC(=O)NC(CO)C(O)/C=C/CCCCCCCCCCCCCCC. The van der Waals surface area contributed by atoms with Crippen LogP contribution in [0.15, 0.2) is 48.6 Å². The molecule has 69 heavy (non-hydrogen) atoms. The topological polar surface area (TPSA) is 95.9 Å². The van der Waals surface area contributed by atoms with E-state index in [1.807, 2.05) is 6.08 Å². The Bertz CT molecular complexity index is 1160. The number of nitrogens with one attached hydrogen (secondary N) is 1. The quantitative estimate of drug-likeness (QED) is 0.0321. The fraction of sp³-hybridized carbons (Fsp3) is 0.841. The minimum absolute atomic E-state index is 0.0435. The first-order chi connectivity index (χ1) is 34.0. The summed E-state index contributed by atoms with van der Waals surface area (Å²) in [5.74, 6) is -0.116. The number of allylic oxidation sites excluding steroid dienone is 6. The average Bonchev–Trinajstić information content (AvgIpc) is 3.35. The van der Waals surface area contributed by atoms with Gasteiger partial charge in [-0.1, -0.05) is 274 Å². The first kappa shape index (κ1) is 66.8. The Kier molecular flexibility index (Phi) is 56.5. The van der Waals surface area contributed by atoms with Crippen molar-refractivity contribution < 1.29 is 24.5 Å². The van der Waals surface area contributed by atoms with Gasteiger partial charge in [0.25, 0.3) is 0 Å². The Morgan fingerprint density at radius 3 is 1.12 bits per heavy atom. The number of ether oxygens (including phenoxy) is 1. The van der Waals surface area contributed by atoms with E-state index in [1.165, 1.54) is 238 Å². The number of amides is 1. The van der Waals surface area contributed by atoms with Gasteiger partial charge in [0.2, 0.25) is 5.91 Å². The Morgan fingerprint density at radius 1 is 0.406 bits per heavy atom. The van der Waals surface area contributed by atoms with E-state index in [4.69, 9.17) is 4.74 Å². The summed E-state index contributed by atoms with van der Waals surface area (Å²) in [4.78, 5) is 24.5. The molecule has 0 aromatic rings. The highest BCUT2D eigenvalue weighted by molar-refractivity contribution is 5.76. The second-order valence-electron chi connectivity index (χ2n) is 20.7. The first-order valence-corrected chi connectivity index (χ1v) is 30.4. The van der Waals surface area contributed by atoms with Crippen molar-refractivity contribution in [2.24, 2.45) is 0 Å². The van der Waals surface area contributed by atoms with Crippen LogP contribution in [0.4, 0.5) is 0 Å². The number of aliphatic hydroxyl groups is 2. The van der Waals surface area contributed by atoms with Gasteiger partial charge in [-0.15, -0.1) is 0 Å². The molecule has 6 nitrogen and oxygen atoms in total. The molecule has 6 heteroatoms. The molecule has 0 aliphatic rings. The number of aliphatic hydroxyl groups excluding tert-OH is 2.